The van der Waals surface area contributed by atoms with E-state index in [-0.39, 0.29) is 13.2 Å². The fourth-order valence-corrected chi connectivity index (χ4v) is 2.29. The monoisotopic (exact) mass is 340 g/mol. The quantitative estimate of drug-likeness (QED) is 0.712. The standard InChI is InChI=1S/C19H20N2O4/c1-13-6-3-4-9-18(13)24-12-16(22)11-23-17-8-5-7-15(10-17)19-20-14(2)25-21-19/h3-10,16,22H,11-12H2,1-2H3. The number of aryl methyl sites for hydroxylation is 2. The number of para-hydroxylation sites is 1. The molecule has 1 unspecified atom stereocenters. The highest BCUT2D eigenvalue weighted by Crippen LogP contribution is 2.22. The molecule has 0 spiro atoms. The van der Waals surface area contributed by atoms with Gasteiger partial charge in [-0.25, -0.2) is 0 Å². The smallest absolute Gasteiger partial charge is 0.223 e. The Labute approximate surface area is 146 Å². The average Bonchev–Trinajstić information content (AvgIpc) is 3.06. The molecule has 0 aliphatic heterocycles. The van der Waals surface area contributed by atoms with Crippen LogP contribution in [0.2, 0.25) is 0 Å². The first-order valence-electron chi connectivity index (χ1n) is 8.02. The van der Waals surface area contributed by atoms with Gasteiger partial charge in [-0.1, -0.05) is 35.5 Å². The first-order chi connectivity index (χ1) is 12.1. The number of nitrogens with zero attached hydrogens (tertiary/aromatic N) is 2. The third-order valence-corrected chi connectivity index (χ3v) is 3.59. The van der Waals surface area contributed by atoms with Gasteiger partial charge in [-0.3, -0.25) is 0 Å². The number of hydrogen-bond acceptors (Lipinski definition) is 6. The molecule has 0 radical (unpaired) electrons. The van der Waals surface area contributed by atoms with Crippen molar-refractivity contribution in [2.75, 3.05) is 13.2 Å². The lowest BCUT2D eigenvalue weighted by molar-refractivity contribution is 0.0624. The van der Waals surface area contributed by atoms with Gasteiger partial charge in [0.25, 0.3) is 0 Å². The van der Waals surface area contributed by atoms with Crippen molar-refractivity contribution in [3.8, 4) is 22.9 Å². The number of rotatable bonds is 7. The maximum absolute atomic E-state index is 10.1. The van der Waals surface area contributed by atoms with Gasteiger partial charge in [0.05, 0.1) is 0 Å². The van der Waals surface area contributed by atoms with Crippen LogP contribution in [0.5, 0.6) is 11.5 Å². The molecule has 1 N–H and O–H groups in total. The van der Waals surface area contributed by atoms with Crippen molar-refractivity contribution in [2.24, 2.45) is 0 Å². The topological polar surface area (TPSA) is 77.6 Å². The summed E-state index contributed by atoms with van der Waals surface area (Å²) in [6.07, 6.45) is -0.740. The maximum Gasteiger partial charge on any atom is 0.223 e. The van der Waals surface area contributed by atoms with Crippen molar-refractivity contribution in [1.82, 2.24) is 10.1 Å². The van der Waals surface area contributed by atoms with E-state index < -0.39 is 6.10 Å². The van der Waals surface area contributed by atoms with Crippen LogP contribution in [-0.2, 0) is 0 Å². The van der Waals surface area contributed by atoms with E-state index in [1.165, 1.54) is 0 Å². The summed E-state index contributed by atoms with van der Waals surface area (Å²) in [7, 11) is 0. The Kier molecular flexibility index (Phi) is 5.30. The molecule has 1 heterocycles. The number of benzene rings is 2. The molecule has 0 saturated heterocycles. The second-order valence-corrected chi connectivity index (χ2v) is 5.71. The van der Waals surface area contributed by atoms with Crippen molar-refractivity contribution >= 4 is 0 Å². The zero-order valence-corrected chi connectivity index (χ0v) is 14.2. The second-order valence-electron chi connectivity index (χ2n) is 5.71. The lowest BCUT2D eigenvalue weighted by Gasteiger charge is -2.15. The molecule has 2 aromatic carbocycles. The average molecular weight is 340 g/mol. The summed E-state index contributed by atoms with van der Waals surface area (Å²) >= 11 is 0. The summed E-state index contributed by atoms with van der Waals surface area (Å²) < 4.78 is 16.2. The summed E-state index contributed by atoms with van der Waals surface area (Å²) in [6.45, 7) is 3.99. The Morgan fingerprint density at radius 2 is 1.84 bits per heavy atom. The molecule has 3 rings (SSSR count). The van der Waals surface area contributed by atoms with Crippen molar-refractivity contribution in [2.45, 2.75) is 20.0 Å². The van der Waals surface area contributed by atoms with E-state index in [0.29, 0.717) is 17.5 Å². The van der Waals surface area contributed by atoms with Gasteiger partial charge in [0.1, 0.15) is 30.8 Å². The van der Waals surface area contributed by atoms with Crippen LogP contribution in [0.1, 0.15) is 11.5 Å². The Bertz CT molecular complexity index is 832. The van der Waals surface area contributed by atoms with E-state index in [1.54, 1.807) is 13.0 Å². The van der Waals surface area contributed by atoms with Crippen LogP contribution in [0.4, 0.5) is 0 Å². The van der Waals surface area contributed by atoms with Crippen molar-refractivity contribution < 1.29 is 19.1 Å². The van der Waals surface area contributed by atoms with Gasteiger partial charge in [0.15, 0.2) is 0 Å². The SMILES string of the molecule is Cc1nc(-c2cccc(OCC(O)COc3ccccc3C)c2)no1. The molecular formula is C19H20N2O4. The highest BCUT2D eigenvalue weighted by atomic mass is 16.5. The minimum atomic E-state index is -0.740. The molecule has 130 valence electrons. The maximum atomic E-state index is 10.1. The Morgan fingerprint density at radius 3 is 2.60 bits per heavy atom. The zero-order chi connectivity index (χ0) is 17.6. The van der Waals surface area contributed by atoms with Gasteiger partial charge in [-0.15, -0.1) is 0 Å². The molecule has 0 amide bonds. The predicted molar refractivity (Wildman–Crippen MR) is 92.6 cm³/mol. The molecule has 6 heteroatoms. The van der Waals surface area contributed by atoms with E-state index in [2.05, 4.69) is 10.1 Å². The van der Waals surface area contributed by atoms with Gasteiger partial charge in [-0.2, -0.15) is 4.98 Å². The number of aromatic nitrogens is 2. The fraction of sp³-hybridized carbons (Fsp3) is 0.263. The van der Waals surface area contributed by atoms with Crippen LogP contribution in [0.15, 0.2) is 53.1 Å². The van der Waals surface area contributed by atoms with E-state index in [4.69, 9.17) is 14.0 Å². The molecule has 0 bridgehead atoms. The molecule has 6 nitrogen and oxygen atoms in total. The minimum Gasteiger partial charge on any atom is -0.491 e. The highest BCUT2D eigenvalue weighted by Gasteiger charge is 2.10. The lowest BCUT2D eigenvalue weighted by Crippen LogP contribution is -2.25. The van der Waals surface area contributed by atoms with Crippen LogP contribution in [0, 0.1) is 13.8 Å². The molecule has 25 heavy (non-hydrogen) atoms. The molecule has 0 aliphatic carbocycles. The van der Waals surface area contributed by atoms with Gasteiger partial charge in [0, 0.05) is 12.5 Å². The van der Waals surface area contributed by atoms with Crippen LogP contribution >= 0.6 is 0 Å². The Hall–Kier alpha value is -2.86. The Morgan fingerprint density at radius 1 is 1.04 bits per heavy atom. The third kappa shape index (κ3) is 4.58. The van der Waals surface area contributed by atoms with Crippen molar-refractivity contribution in [3.05, 3.63) is 60.0 Å². The minimum absolute atomic E-state index is 0.126. The van der Waals surface area contributed by atoms with E-state index in [1.807, 2.05) is 49.4 Å². The number of aliphatic hydroxyl groups excluding tert-OH is 1. The van der Waals surface area contributed by atoms with Gasteiger partial charge in [0.2, 0.25) is 11.7 Å². The van der Waals surface area contributed by atoms with E-state index >= 15 is 0 Å². The van der Waals surface area contributed by atoms with Gasteiger partial charge in [-0.05, 0) is 30.7 Å². The largest absolute Gasteiger partial charge is 0.491 e. The molecule has 3 aromatic rings. The molecule has 0 saturated carbocycles. The van der Waals surface area contributed by atoms with Gasteiger partial charge < -0.3 is 19.1 Å². The number of aliphatic hydroxyl groups is 1. The molecule has 0 aliphatic rings. The molecule has 1 atom stereocenters. The van der Waals surface area contributed by atoms with Crippen LogP contribution in [-0.4, -0.2) is 34.6 Å². The molecule has 0 fully saturated rings. The Balaban J connectivity index is 1.54. The zero-order valence-electron chi connectivity index (χ0n) is 14.2. The predicted octanol–water partition coefficient (Wildman–Crippen LogP) is 3.17. The number of ether oxygens (including phenoxy) is 2. The lowest BCUT2D eigenvalue weighted by atomic mass is 10.2. The van der Waals surface area contributed by atoms with Crippen LogP contribution in [0.3, 0.4) is 0 Å². The molecule has 1 aromatic heterocycles. The summed E-state index contributed by atoms with van der Waals surface area (Å²) in [4.78, 5) is 4.19. The normalized spacial score (nSPS) is 12.0. The van der Waals surface area contributed by atoms with Gasteiger partial charge >= 0.3 is 0 Å². The van der Waals surface area contributed by atoms with Crippen molar-refractivity contribution in [3.63, 3.8) is 0 Å². The van der Waals surface area contributed by atoms with Crippen molar-refractivity contribution in [1.29, 1.82) is 0 Å². The second kappa shape index (κ2) is 7.81. The summed E-state index contributed by atoms with van der Waals surface area (Å²) in [5.41, 5.74) is 1.82. The van der Waals surface area contributed by atoms with E-state index in [9.17, 15) is 5.11 Å². The third-order valence-electron chi connectivity index (χ3n) is 3.59. The highest BCUT2D eigenvalue weighted by molar-refractivity contribution is 5.56. The first-order valence-corrected chi connectivity index (χ1v) is 8.02. The summed E-state index contributed by atoms with van der Waals surface area (Å²) in [6, 6.07) is 15.0. The van der Waals surface area contributed by atoms with E-state index in [0.717, 1.165) is 16.9 Å². The first kappa shape index (κ1) is 17.0. The van der Waals surface area contributed by atoms with Crippen LogP contribution < -0.4 is 9.47 Å². The fourth-order valence-electron chi connectivity index (χ4n) is 2.29. The summed E-state index contributed by atoms with van der Waals surface area (Å²) in [5.74, 6) is 2.39. The molecular weight excluding hydrogens is 320 g/mol. The summed E-state index contributed by atoms with van der Waals surface area (Å²) in [5, 5.41) is 13.9. The van der Waals surface area contributed by atoms with Crippen LogP contribution in [0.25, 0.3) is 11.4 Å². The number of hydrogen-bond donors (Lipinski definition) is 1.